The van der Waals surface area contributed by atoms with E-state index in [0.717, 1.165) is 70.6 Å². The van der Waals surface area contributed by atoms with Gasteiger partial charge in [0.05, 0.1) is 18.8 Å². The average Bonchev–Trinajstić information content (AvgIpc) is 3.43. The second-order valence-corrected chi connectivity index (χ2v) is 23.2. The lowest BCUT2D eigenvalue weighted by Crippen LogP contribution is -2.45. The van der Waals surface area contributed by atoms with Gasteiger partial charge in [-0.2, -0.15) is 0 Å². The van der Waals surface area contributed by atoms with Crippen LogP contribution >= 0.6 is 0 Å². The maximum atomic E-state index is 12.6. The van der Waals surface area contributed by atoms with Crippen LogP contribution in [0.1, 0.15) is 354 Å². The van der Waals surface area contributed by atoms with E-state index in [1.807, 2.05) is 0 Å². The van der Waals surface area contributed by atoms with Crippen LogP contribution in [0.2, 0.25) is 0 Å². The van der Waals surface area contributed by atoms with Crippen molar-refractivity contribution in [2.75, 3.05) is 6.61 Å². The highest BCUT2D eigenvalue weighted by molar-refractivity contribution is 5.76. The topological polar surface area (TPSA) is 69.6 Å². The van der Waals surface area contributed by atoms with Gasteiger partial charge in [-0.1, -0.05) is 362 Å². The number of allylic oxidation sites excluding steroid dienone is 14. The molecule has 0 aromatic heterocycles. The first-order valence-corrected chi connectivity index (χ1v) is 34.3. The number of hydrogen-bond acceptors (Lipinski definition) is 3. The molecule has 0 saturated heterocycles. The summed E-state index contributed by atoms with van der Waals surface area (Å²) >= 11 is 0. The van der Waals surface area contributed by atoms with Gasteiger partial charge in [-0.05, 0) is 70.6 Å². The molecule has 448 valence electrons. The van der Waals surface area contributed by atoms with Crippen molar-refractivity contribution in [3.8, 4) is 0 Å². The van der Waals surface area contributed by atoms with Crippen LogP contribution < -0.4 is 5.32 Å². The SMILES string of the molecule is CC/C=C\C/C=C\C/C=C\C/C=C\C/C=C\C/C=C\C/C=C\CCCCCCCCCCCCCCCCCC(=O)NC(CO)C(O)CCCCCCCCCCCCCCCCCCCCCCCCCCCCCC. The van der Waals surface area contributed by atoms with E-state index in [-0.39, 0.29) is 12.5 Å². The molecule has 0 saturated carbocycles. The van der Waals surface area contributed by atoms with Crippen LogP contribution in [0.15, 0.2) is 85.1 Å². The molecule has 0 bridgehead atoms. The van der Waals surface area contributed by atoms with Crippen molar-refractivity contribution in [3.05, 3.63) is 85.1 Å². The minimum atomic E-state index is -0.665. The zero-order chi connectivity index (χ0) is 55.5. The van der Waals surface area contributed by atoms with Crippen LogP contribution in [-0.4, -0.2) is 34.9 Å². The summed E-state index contributed by atoms with van der Waals surface area (Å²) in [5, 5.41) is 23.5. The first kappa shape index (κ1) is 74.6. The van der Waals surface area contributed by atoms with E-state index in [1.54, 1.807) is 0 Å². The van der Waals surface area contributed by atoms with Crippen molar-refractivity contribution in [1.82, 2.24) is 5.32 Å². The molecule has 0 aromatic carbocycles. The maximum absolute atomic E-state index is 12.6. The predicted octanol–water partition coefficient (Wildman–Crippen LogP) is 23.4. The van der Waals surface area contributed by atoms with E-state index in [1.165, 1.54) is 257 Å². The van der Waals surface area contributed by atoms with Gasteiger partial charge in [0.25, 0.3) is 0 Å². The molecule has 0 aromatic rings. The van der Waals surface area contributed by atoms with Crippen molar-refractivity contribution in [3.63, 3.8) is 0 Å². The van der Waals surface area contributed by atoms with Gasteiger partial charge in [-0.15, -0.1) is 0 Å². The molecule has 4 heteroatoms. The number of amides is 1. The van der Waals surface area contributed by atoms with Crippen molar-refractivity contribution >= 4 is 5.91 Å². The Morgan fingerprint density at radius 3 is 0.857 bits per heavy atom. The summed E-state index contributed by atoms with van der Waals surface area (Å²) in [5.41, 5.74) is 0. The summed E-state index contributed by atoms with van der Waals surface area (Å²) in [6.45, 7) is 4.28. The Bertz CT molecular complexity index is 1360. The molecule has 0 aliphatic carbocycles. The lowest BCUT2D eigenvalue weighted by atomic mass is 10.0. The van der Waals surface area contributed by atoms with Crippen LogP contribution in [0.5, 0.6) is 0 Å². The minimum Gasteiger partial charge on any atom is -0.394 e. The molecular formula is C73H133NO3. The van der Waals surface area contributed by atoms with Crippen LogP contribution in [0.25, 0.3) is 0 Å². The van der Waals surface area contributed by atoms with Gasteiger partial charge < -0.3 is 15.5 Å². The first-order valence-electron chi connectivity index (χ1n) is 34.3. The Kier molecular flexibility index (Phi) is 65.7. The number of unbranched alkanes of at least 4 members (excludes halogenated alkanes) is 42. The number of nitrogens with one attached hydrogen (secondary N) is 1. The van der Waals surface area contributed by atoms with Crippen molar-refractivity contribution in [1.29, 1.82) is 0 Å². The first-order chi connectivity index (χ1) is 38.2. The summed E-state index contributed by atoms with van der Waals surface area (Å²) in [7, 11) is 0. The molecule has 0 spiro atoms. The van der Waals surface area contributed by atoms with Gasteiger partial charge >= 0.3 is 0 Å². The van der Waals surface area contributed by atoms with Gasteiger partial charge in [0.2, 0.25) is 5.91 Å². The van der Waals surface area contributed by atoms with Crippen LogP contribution in [0, 0.1) is 0 Å². The van der Waals surface area contributed by atoms with Crippen molar-refractivity contribution in [2.45, 2.75) is 366 Å². The molecule has 0 aliphatic rings. The molecule has 3 N–H and O–H groups in total. The normalized spacial score (nSPS) is 13.2. The molecule has 4 nitrogen and oxygen atoms in total. The fraction of sp³-hybridized carbons (Fsp3) is 0.795. The predicted molar refractivity (Wildman–Crippen MR) is 345 cm³/mol. The largest absolute Gasteiger partial charge is 0.394 e. The Balaban J connectivity index is 3.45. The third-order valence-electron chi connectivity index (χ3n) is 15.7. The molecule has 0 heterocycles. The number of aliphatic hydroxyl groups excluding tert-OH is 2. The molecule has 0 aliphatic heterocycles. The summed E-state index contributed by atoms with van der Waals surface area (Å²) < 4.78 is 0. The molecule has 77 heavy (non-hydrogen) atoms. The molecule has 2 atom stereocenters. The quantitative estimate of drug-likeness (QED) is 0.0420. The third-order valence-corrected chi connectivity index (χ3v) is 15.7. The molecule has 0 rings (SSSR count). The van der Waals surface area contributed by atoms with E-state index in [4.69, 9.17) is 0 Å². The van der Waals surface area contributed by atoms with Crippen molar-refractivity contribution in [2.24, 2.45) is 0 Å². The van der Waals surface area contributed by atoms with Gasteiger partial charge in [0.15, 0.2) is 0 Å². The molecule has 0 fully saturated rings. The average molecular weight is 1070 g/mol. The van der Waals surface area contributed by atoms with E-state index in [0.29, 0.717) is 12.8 Å². The number of carbonyl (C=O) groups excluding carboxylic acids is 1. The smallest absolute Gasteiger partial charge is 0.220 e. The highest BCUT2D eigenvalue weighted by atomic mass is 16.3. The molecule has 1 amide bonds. The molecule has 2 unspecified atom stereocenters. The Morgan fingerprint density at radius 1 is 0.325 bits per heavy atom. The minimum absolute atomic E-state index is 0.0286. The maximum Gasteiger partial charge on any atom is 0.220 e. The standard InChI is InChI=1S/C73H133NO3/c1-3-5-7-9-11-13-15-17-19-21-23-25-27-29-31-33-34-35-36-37-38-39-40-41-43-45-47-49-51-53-55-57-59-61-63-65-67-69-73(77)74-71(70-75)72(76)68-66-64-62-60-58-56-54-52-50-48-46-44-42-32-30-28-26-24-22-20-18-16-14-12-10-8-6-4-2/h5,7,11,13,17,19,23,25,29,31,34-35,37-38,71-72,75-76H,3-4,6,8-10,12,14-16,18,20-22,24,26-28,30,32-33,36,39-70H2,1-2H3,(H,74,77)/b7-5-,13-11-,19-17-,25-23-,31-29-,35-34-,38-37-. The van der Waals surface area contributed by atoms with Gasteiger partial charge in [-0.25, -0.2) is 0 Å². The van der Waals surface area contributed by atoms with Crippen LogP contribution in [-0.2, 0) is 4.79 Å². The number of hydrogen-bond donors (Lipinski definition) is 3. The van der Waals surface area contributed by atoms with Crippen molar-refractivity contribution < 1.29 is 15.0 Å². The van der Waals surface area contributed by atoms with E-state index < -0.39 is 12.1 Å². The van der Waals surface area contributed by atoms with Gasteiger partial charge in [0, 0.05) is 6.42 Å². The highest BCUT2D eigenvalue weighted by Crippen LogP contribution is 2.19. The monoisotopic (exact) mass is 1070 g/mol. The lowest BCUT2D eigenvalue weighted by Gasteiger charge is -2.22. The summed E-state index contributed by atoms with van der Waals surface area (Å²) in [6.07, 6.45) is 99.1. The van der Waals surface area contributed by atoms with E-state index in [9.17, 15) is 15.0 Å². The zero-order valence-corrected chi connectivity index (χ0v) is 51.7. The number of aliphatic hydroxyl groups is 2. The van der Waals surface area contributed by atoms with E-state index in [2.05, 4.69) is 104 Å². The Hall–Kier alpha value is -2.43. The fourth-order valence-electron chi connectivity index (χ4n) is 10.5. The lowest BCUT2D eigenvalue weighted by molar-refractivity contribution is -0.123. The summed E-state index contributed by atoms with van der Waals surface area (Å²) in [6, 6.07) is -0.542. The summed E-state index contributed by atoms with van der Waals surface area (Å²) in [4.78, 5) is 12.6. The van der Waals surface area contributed by atoms with E-state index >= 15 is 0 Å². The second kappa shape index (κ2) is 67.8. The van der Waals surface area contributed by atoms with Gasteiger partial charge in [-0.3, -0.25) is 4.79 Å². The molecule has 0 radical (unpaired) electrons. The summed E-state index contributed by atoms with van der Waals surface area (Å²) in [5.74, 6) is -0.0286. The highest BCUT2D eigenvalue weighted by Gasteiger charge is 2.20. The molecular weight excluding hydrogens is 939 g/mol. The third kappa shape index (κ3) is 64.3. The Labute approximate surface area is 481 Å². The van der Waals surface area contributed by atoms with Gasteiger partial charge in [0.1, 0.15) is 0 Å². The second-order valence-electron chi connectivity index (χ2n) is 23.2. The number of carbonyl (C=O) groups is 1. The zero-order valence-electron chi connectivity index (χ0n) is 51.7. The number of rotatable bonds is 63. The Morgan fingerprint density at radius 2 is 0.571 bits per heavy atom. The van der Waals surface area contributed by atoms with Crippen LogP contribution in [0.3, 0.4) is 0 Å². The van der Waals surface area contributed by atoms with Crippen LogP contribution in [0.4, 0.5) is 0 Å². The fourth-order valence-corrected chi connectivity index (χ4v) is 10.5.